The molecule has 2 aliphatic rings. The Morgan fingerprint density at radius 2 is 1.71 bits per heavy atom. The second kappa shape index (κ2) is 16.4. The quantitative estimate of drug-likeness (QED) is 0.158. The average Bonchev–Trinajstić information content (AvgIpc) is 3.34. The fourth-order valence-corrected chi connectivity index (χ4v) is 5.80. The molecule has 0 atom stereocenters. The van der Waals surface area contributed by atoms with Crippen LogP contribution in [-0.4, -0.2) is 80.7 Å². The summed E-state index contributed by atoms with van der Waals surface area (Å²) in [5.41, 5.74) is 1.84. The Morgan fingerprint density at radius 1 is 1.02 bits per heavy atom. The number of esters is 1. The van der Waals surface area contributed by atoms with Crippen molar-refractivity contribution in [1.29, 1.82) is 5.41 Å². The number of fused-ring (bicyclic) bond motifs is 1. The van der Waals surface area contributed by atoms with Gasteiger partial charge in [-0.1, -0.05) is 20.8 Å². The Bertz CT molecular complexity index is 1560. The minimum Gasteiger partial charge on any atom is -0.491 e. The third-order valence-electron chi connectivity index (χ3n) is 8.28. The topological polar surface area (TPSA) is 138 Å². The van der Waals surface area contributed by atoms with Crippen LogP contribution in [0.1, 0.15) is 97.7 Å². The number of ketones is 2. The second-order valence-corrected chi connectivity index (χ2v) is 12.6. The lowest BCUT2D eigenvalue weighted by Gasteiger charge is -2.33. The molecule has 2 N–H and O–H groups in total. The summed E-state index contributed by atoms with van der Waals surface area (Å²) in [7, 11) is 1.43. The van der Waals surface area contributed by atoms with Gasteiger partial charge in [-0.2, -0.15) is 0 Å². The van der Waals surface area contributed by atoms with Crippen molar-refractivity contribution < 1.29 is 37.8 Å². The van der Waals surface area contributed by atoms with Crippen molar-refractivity contribution in [1.82, 2.24) is 10.2 Å². The molecule has 1 saturated heterocycles. The smallest absolute Gasteiger partial charge is 0.305 e. The van der Waals surface area contributed by atoms with Gasteiger partial charge in [0, 0.05) is 68.2 Å². The number of halogens is 2. The number of hydrogen-bond donors (Lipinski definition) is 2. The molecule has 2 heterocycles. The number of amidine groups is 1. The van der Waals surface area contributed by atoms with E-state index in [1.165, 1.54) is 18.0 Å². The molecule has 2 aromatic carbocycles. The van der Waals surface area contributed by atoms with Gasteiger partial charge in [0.1, 0.15) is 17.4 Å². The zero-order chi connectivity index (χ0) is 34.5. The number of carbonyl (C=O) groups excluding carboxylic acids is 4. The van der Waals surface area contributed by atoms with Crippen molar-refractivity contribution in [3.8, 4) is 11.5 Å². The number of piperidine rings is 1. The summed E-state index contributed by atoms with van der Waals surface area (Å²) in [6, 6.07) is 5.00. The van der Waals surface area contributed by atoms with E-state index in [1.54, 1.807) is 26.0 Å². The fourth-order valence-electron chi connectivity index (χ4n) is 5.80. The number of amides is 1. The van der Waals surface area contributed by atoms with Crippen LogP contribution in [0.2, 0.25) is 0 Å². The Morgan fingerprint density at radius 3 is 2.31 bits per heavy atom. The predicted molar refractivity (Wildman–Crippen MR) is 186 cm³/mol. The highest BCUT2D eigenvalue weighted by Gasteiger charge is 2.34. The van der Waals surface area contributed by atoms with E-state index in [0.29, 0.717) is 56.0 Å². The first kappa shape index (κ1) is 38.4. The van der Waals surface area contributed by atoms with Gasteiger partial charge >= 0.3 is 5.97 Å². The summed E-state index contributed by atoms with van der Waals surface area (Å²) in [6.45, 7) is 10.9. The van der Waals surface area contributed by atoms with Crippen LogP contribution < -0.4 is 19.7 Å². The van der Waals surface area contributed by atoms with Gasteiger partial charge < -0.3 is 29.3 Å². The van der Waals surface area contributed by atoms with Gasteiger partial charge in [0.2, 0.25) is 0 Å². The largest absolute Gasteiger partial charge is 0.491 e. The maximum atomic E-state index is 15.7. The molecular formula is C35H46BrFN4O7. The molecule has 0 spiro atoms. The van der Waals surface area contributed by atoms with Crippen molar-refractivity contribution in [3.05, 3.63) is 51.8 Å². The average molecular weight is 734 g/mol. The molecule has 0 radical (unpaired) electrons. The standard InChI is InChI=1S/C35H45FN4O7.BrH/c1-7-45-29(43)10-9-15-47-32-26(35(3,4)5)16-21(17-27(32)39-13-11-22(41)12-14-39)28(42)20-40-19-25-23(33(40)37)18-24(34(44)38-6)31(30(25)36)46-8-2;/h16-18,37H,7-15,19-20H2,1-6H3,(H,38,44);1H. The van der Waals surface area contributed by atoms with Crippen LogP contribution in [0.3, 0.4) is 0 Å². The molecule has 48 heavy (non-hydrogen) atoms. The Labute approximate surface area is 291 Å². The minimum atomic E-state index is -0.718. The summed E-state index contributed by atoms with van der Waals surface area (Å²) in [5, 5.41) is 11.3. The maximum absolute atomic E-state index is 15.7. The van der Waals surface area contributed by atoms with Gasteiger partial charge in [-0.15, -0.1) is 17.0 Å². The van der Waals surface area contributed by atoms with Gasteiger partial charge in [0.15, 0.2) is 17.3 Å². The first-order chi connectivity index (χ1) is 22.3. The summed E-state index contributed by atoms with van der Waals surface area (Å²) in [5.74, 6) is -1.30. The van der Waals surface area contributed by atoms with E-state index in [2.05, 4.69) is 5.32 Å². The lowest BCUT2D eigenvalue weighted by Crippen LogP contribution is -2.35. The Hall–Kier alpha value is -4.00. The predicted octanol–water partition coefficient (Wildman–Crippen LogP) is 5.37. The molecule has 0 aliphatic carbocycles. The number of anilines is 1. The molecule has 262 valence electrons. The molecule has 11 nitrogen and oxygen atoms in total. The number of rotatable bonds is 13. The van der Waals surface area contributed by atoms with Crippen LogP contribution in [0.25, 0.3) is 0 Å². The van der Waals surface area contributed by atoms with Crippen LogP contribution in [-0.2, 0) is 26.3 Å². The van der Waals surface area contributed by atoms with Gasteiger partial charge in [-0.25, -0.2) is 4.39 Å². The van der Waals surface area contributed by atoms with E-state index in [0.717, 1.165) is 5.56 Å². The van der Waals surface area contributed by atoms with Crippen molar-refractivity contribution in [2.24, 2.45) is 0 Å². The first-order valence-corrected chi connectivity index (χ1v) is 16.1. The number of ether oxygens (including phenoxy) is 3. The van der Waals surface area contributed by atoms with Crippen LogP contribution in [0.5, 0.6) is 11.5 Å². The Kier molecular flexibility index (Phi) is 13.1. The van der Waals surface area contributed by atoms with Crippen molar-refractivity contribution >= 4 is 51.9 Å². The van der Waals surface area contributed by atoms with Crippen LogP contribution in [0, 0.1) is 11.2 Å². The number of nitrogens with zero attached hydrogens (tertiary/aromatic N) is 2. The normalized spacial score (nSPS) is 14.3. The monoisotopic (exact) mass is 732 g/mol. The molecule has 0 aromatic heterocycles. The van der Waals surface area contributed by atoms with E-state index in [9.17, 15) is 19.2 Å². The zero-order valence-corrected chi connectivity index (χ0v) is 30.3. The number of nitrogens with one attached hydrogen (secondary N) is 2. The molecule has 1 amide bonds. The summed E-state index contributed by atoms with van der Waals surface area (Å²) in [4.78, 5) is 54.0. The van der Waals surface area contributed by atoms with E-state index >= 15 is 4.39 Å². The molecule has 0 saturated carbocycles. The lowest BCUT2D eigenvalue weighted by molar-refractivity contribution is -0.143. The highest BCUT2D eigenvalue weighted by Crippen LogP contribution is 2.42. The lowest BCUT2D eigenvalue weighted by atomic mass is 9.84. The van der Waals surface area contributed by atoms with E-state index in [1.807, 2.05) is 25.7 Å². The highest BCUT2D eigenvalue weighted by atomic mass is 79.9. The fraction of sp³-hybridized carbons (Fsp3) is 0.514. The molecule has 0 bridgehead atoms. The van der Waals surface area contributed by atoms with E-state index in [4.69, 9.17) is 19.6 Å². The molecule has 0 unspecified atom stereocenters. The molecule has 2 aromatic rings. The summed E-state index contributed by atoms with van der Waals surface area (Å²) < 4.78 is 32.5. The van der Waals surface area contributed by atoms with Gasteiger partial charge in [-0.05, 0) is 43.9 Å². The number of Topliss-reactive ketones (excluding diaryl/α,β-unsaturated/α-hetero) is 2. The zero-order valence-electron chi connectivity index (χ0n) is 28.5. The summed E-state index contributed by atoms with van der Waals surface area (Å²) in [6.07, 6.45) is 1.41. The van der Waals surface area contributed by atoms with Gasteiger partial charge in [0.25, 0.3) is 5.91 Å². The third kappa shape index (κ3) is 8.53. The first-order valence-electron chi connectivity index (χ1n) is 16.1. The maximum Gasteiger partial charge on any atom is 0.305 e. The number of hydrogen-bond acceptors (Lipinski definition) is 9. The number of benzene rings is 2. The molecular weight excluding hydrogens is 687 g/mol. The third-order valence-corrected chi connectivity index (χ3v) is 8.28. The SMILES string of the molecule is Br.CCOC(=O)CCCOc1c(N2CCC(=O)CC2)cc(C(=O)CN2Cc3c(cc(C(=O)NC)c(OCC)c3F)C2=N)cc1C(C)(C)C. The van der Waals surface area contributed by atoms with Gasteiger partial charge in [0.05, 0.1) is 37.6 Å². The summed E-state index contributed by atoms with van der Waals surface area (Å²) >= 11 is 0. The molecule has 1 fully saturated rings. The van der Waals surface area contributed by atoms with Crippen molar-refractivity contribution in [2.45, 2.75) is 72.3 Å². The molecule has 2 aliphatic heterocycles. The van der Waals surface area contributed by atoms with Crippen LogP contribution in [0.4, 0.5) is 10.1 Å². The Balaban J connectivity index is 0.00000625. The molecule has 13 heteroatoms. The minimum absolute atomic E-state index is 0. The molecule has 4 rings (SSSR count). The number of carbonyl (C=O) groups is 4. The highest BCUT2D eigenvalue weighted by molar-refractivity contribution is 8.93. The van der Waals surface area contributed by atoms with Gasteiger partial charge in [-0.3, -0.25) is 24.6 Å². The second-order valence-electron chi connectivity index (χ2n) is 12.6. The van der Waals surface area contributed by atoms with E-state index in [-0.39, 0.29) is 95.5 Å². The van der Waals surface area contributed by atoms with E-state index < -0.39 is 17.1 Å². The van der Waals surface area contributed by atoms with Crippen molar-refractivity contribution in [3.63, 3.8) is 0 Å². The van der Waals surface area contributed by atoms with Crippen LogP contribution in [0.15, 0.2) is 18.2 Å². The van der Waals surface area contributed by atoms with Crippen LogP contribution >= 0.6 is 17.0 Å². The van der Waals surface area contributed by atoms with Crippen molar-refractivity contribution in [2.75, 3.05) is 51.4 Å².